The number of hydrogen-bond acceptors (Lipinski definition) is 5. The standard InChI is InChI=1S/C15H19NO2S2/c1-11-15(17,6-7-18-11)10-16-14(12-4-2-8-19-12)13-5-3-9-20-13/h2-5,8-9,11,14,16-17H,6-7,10H2,1H3. The van der Waals surface area contributed by atoms with Crippen molar-refractivity contribution in [3.05, 3.63) is 44.8 Å². The predicted octanol–water partition coefficient (Wildman–Crippen LogP) is 3.03. The molecule has 2 aromatic rings. The van der Waals surface area contributed by atoms with Crippen molar-refractivity contribution in [3.63, 3.8) is 0 Å². The maximum Gasteiger partial charge on any atom is 0.105 e. The van der Waals surface area contributed by atoms with Gasteiger partial charge in [0.2, 0.25) is 0 Å². The Balaban J connectivity index is 1.75. The van der Waals surface area contributed by atoms with Crippen LogP contribution in [0.1, 0.15) is 29.1 Å². The highest BCUT2D eigenvalue weighted by atomic mass is 32.1. The molecule has 20 heavy (non-hydrogen) atoms. The summed E-state index contributed by atoms with van der Waals surface area (Å²) in [6.07, 6.45) is 0.588. The largest absolute Gasteiger partial charge is 0.386 e. The van der Waals surface area contributed by atoms with Crippen LogP contribution in [0.2, 0.25) is 0 Å². The molecule has 1 aliphatic rings. The van der Waals surface area contributed by atoms with Gasteiger partial charge in [0.1, 0.15) is 5.60 Å². The molecule has 0 radical (unpaired) electrons. The average molecular weight is 309 g/mol. The molecule has 1 saturated heterocycles. The van der Waals surface area contributed by atoms with Gasteiger partial charge >= 0.3 is 0 Å². The number of thiophene rings is 2. The van der Waals surface area contributed by atoms with E-state index in [1.807, 2.05) is 6.92 Å². The lowest BCUT2D eigenvalue weighted by atomic mass is 9.96. The molecule has 3 heterocycles. The fraction of sp³-hybridized carbons (Fsp3) is 0.467. The van der Waals surface area contributed by atoms with E-state index < -0.39 is 5.60 Å². The second-order valence-electron chi connectivity index (χ2n) is 5.21. The van der Waals surface area contributed by atoms with Crippen molar-refractivity contribution >= 4 is 22.7 Å². The van der Waals surface area contributed by atoms with Crippen LogP contribution in [0.4, 0.5) is 0 Å². The third-order valence-corrected chi connectivity index (χ3v) is 5.80. The first kappa shape index (κ1) is 14.2. The Morgan fingerprint density at radius 1 is 1.35 bits per heavy atom. The van der Waals surface area contributed by atoms with Crippen molar-refractivity contribution in [2.45, 2.75) is 31.1 Å². The Labute approximate surface area is 127 Å². The van der Waals surface area contributed by atoms with Crippen molar-refractivity contribution in [2.24, 2.45) is 0 Å². The van der Waals surface area contributed by atoms with Gasteiger partial charge in [-0.05, 0) is 29.8 Å². The lowest BCUT2D eigenvalue weighted by Crippen LogP contribution is -2.46. The molecule has 1 aliphatic heterocycles. The maximum atomic E-state index is 10.6. The van der Waals surface area contributed by atoms with Gasteiger partial charge in [0.15, 0.2) is 0 Å². The summed E-state index contributed by atoms with van der Waals surface area (Å²) in [5.41, 5.74) is -0.757. The fourth-order valence-corrected chi connectivity index (χ4v) is 4.24. The molecule has 2 aromatic heterocycles. The molecule has 0 saturated carbocycles. The molecular formula is C15H19NO2S2. The zero-order valence-corrected chi connectivity index (χ0v) is 13.0. The topological polar surface area (TPSA) is 41.5 Å². The smallest absolute Gasteiger partial charge is 0.105 e. The number of hydrogen-bond donors (Lipinski definition) is 2. The van der Waals surface area contributed by atoms with Crippen LogP contribution in [0.3, 0.4) is 0 Å². The van der Waals surface area contributed by atoms with Crippen molar-refractivity contribution in [3.8, 4) is 0 Å². The molecule has 3 rings (SSSR count). The molecule has 2 atom stereocenters. The lowest BCUT2D eigenvalue weighted by Gasteiger charge is -2.28. The van der Waals surface area contributed by atoms with Gasteiger partial charge in [-0.3, -0.25) is 0 Å². The Kier molecular flexibility index (Phi) is 4.23. The van der Waals surface area contributed by atoms with E-state index in [9.17, 15) is 5.11 Å². The average Bonchev–Trinajstić information content (AvgIpc) is 3.15. The molecule has 0 aromatic carbocycles. The quantitative estimate of drug-likeness (QED) is 0.892. The first-order valence-corrected chi connectivity index (χ1v) is 8.59. The van der Waals surface area contributed by atoms with E-state index in [1.54, 1.807) is 22.7 Å². The summed E-state index contributed by atoms with van der Waals surface area (Å²) in [5, 5.41) is 18.3. The van der Waals surface area contributed by atoms with Crippen LogP contribution < -0.4 is 5.32 Å². The number of ether oxygens (including phenoxy) is 1. The third kappa shape index (κ3) is 2.82. The van der Waals surface area contributed by atoms with Gasteiger partial charge in [0.05, 0.1) is 12.1 Å². The van der Waals surface area contributed by atoms with E-state index in [0.29, 0.717) is 19.6 Å². The molecule has 0 bridgehead atoms. The molecular weight excluding hydrogens is 290 g/mol. The van der Waals surface area contributed by atoms with Gasteiger partial charge in [-0.1, -0.05) is 12.1 Å². The van der Waals surface area contributed by atoms with E-state index in [-0.39, 0.29) is 12.1 Å². The monoisotopic (exact) mass is 309 g/mol. The highest BCUT2D eigenvalue weighted by Gasteiger charge is 2.39. The van der Waals surface area contributed by atoms with Crippen LogP contribution in [-0.2, 0) is 4.74 Å². The van der Waals surface area contributed by atoms with Gasteiger partial charge in [0.25, 0.3) is 0 Å². The molecule has 108 valence electrons. The van der Waals surface area contributed by atoms with E-state index >= 15 is 0 Å². The minimum absolute atomic E-state index is 0.109. The van der Waals surface area contributed by atoms with Crippen molar-refractivity contribution in [2.75, 3.05) is 13.2 Å². The second kappa shape index (κ2) is 5.95. The van der Waals surface area contributed by atoms with E-state index in [4.69, 9.17) is 4.74 Å². The van der Waals surface area contributed by atoms with E-state index in [1.165, 1.54) is 9.75 Å². The molecule has 0 amide bonds. The summed E-state index contributed by atoms with van der Waals surface area (Å²) in [6, 6.07) is 8.57. The first-order chi connectivity index (χ1) is 9.69. The first-order valence-electron chi connectivity index (χ1n) is 6.83. The molecule has 3 nitrogen and oxygen atoms in total. The van der Waals surface area contributed by atoms with Gasteiger partial charge in [-0.25, -0.2) is 0 Å². The van der Waals surface area contributed by atoms with Crippen molar-refractivity contribution in [1.29, 1.82) is 0 Å². The van der Waals surface area contributed by atoms with Crippen molar-refractivity contribution in [1.82, 2.24) is 5.32 Å². The summed E-state index contributed by atoms with van der Waals surface area (Å²) in [4.78, 5) is 2.56. The van der Waals surface area contributed by atoms with E-state index in [0.717, 1.165) is 0 Å². The zero-order chi connectivity index (χ0) is 14.0. The van der Waals surface area contributed by atoms with Crippen LogP contribution in [0.15, 0.2) is 35.0 Å². The fourth-order valence-electron chi connectivity index (χ4n) is 2.53. The molecule has 2 unspecified atom stereocenters. The van der Waals surface area contributed by atoms with Crippen LogP contribution in [0.5, 0.6) is 0 Å². The molecule has 5 heteroatoms. The normalized spacial score (nSPS) is 26.4. The predicted molar refractivity (Wildman–Crippen MR) is 83.5 cm³/mol. The Bertz CT molecular complexity index is 492. The van der Waals surface area contributed by atoms with Crippen molar-refractivity contribution < 1.29 is 9.84 Å². The van der Waals surface area contributed by atoms with Gasteiger partial charge < -0.3 is 15.2 Å². The summed E-state index contributed by atoms with van der Waals surface area (Å²) in [6.45, 7) is 3.14. The Morgan fingerprint density at radius 2 is 2.00 bits per heavy atom. The van der Waals surface area contributed by atoms with Crippen LogP contribution >= 0.6 is 22.7 Å². The highest BCUT2D eigenvalue weighted by Crippen LogP contribution is 2.31. The third-order valence-electron chi connectivity index (χ3n) is 3.93. The zero-order valence-electron chi connectivity index (χ0n) is 11.4. The van der Waals surface area contributed by atoms with Gasteiger partial charge in [0, 0.05) is 29.3 Å². The Hall–Kier alpha value is -0.720. The molecule has 0 spiro atoms. The minimum Gasteiger partial charge on any atom is -0.386 e. The minimum atomic E-state index is -0.757. The molecule has 1 fully saturated rings. The maximum absolute atomic E-state index is 10.6. The summed E-state index contributed by atoms with van der Waals surface area (Å²) in [5.74, 6) is 0. The number of aliphatic hydroxyl groups is 1. The highest BCUT2D eigenvalue weighted by molar-refractivity contribution is 7.11. The molecule has 0 aliphatic carbocycles. The molecule has 2 N–H and O–H groups in total. The van der Waals surface area contributed by atoms with E-state index in [2.05, 4.69) is 40.3 Å². The summed E-state index contributed by atoms with van der Waals surface area (Å²) < 4.78 is 5.50. The SMILES string of the molecule is CC1OCCC1(O)CNC(c1cccs1)c1cccs1. The summed E-state index contributed by atoms with van der Waals surface area (Å²) in [7, 11) is 0. The number of rotatable bonds is 5. The van der Waals surface area contributed by atoms with Crippen LogP contribution in [0.25, 0.3) is 0 Å². The summed E-state index contributed by atoms with van der Waals surface area (Å²) >= 11 is 3.49. The van der Waals surface area contributed by atoms with Crippen LogP contribution in [-0.4, -0.2) is 30.0 Å². The van der Waals surface area contributed by atoms with Gasteiger partial charge in [-0.15, -0.1) is 22.7 Å². The Morgan fingerprint density at radius 3 is 2.45 bits per heavy atom. The van der Waals surface area contributed by atoms with Crippen LogP contribution in [0, 0.1) is 0 Å². The second-order valence-corrected chi connectivity index (χ2v) is 7.17. The lowest BCUT2D eigenvalue weighted by molar-refractivity contribution is -0.0270. The number of nitrogens with one attached hydrogen (secondary N) is 1. The van der Waals surface area contributed by atoms with Gasteiger partial charge in [-0.2, -0.15) is 0 Å².